The van der Waals surface area contributed by atoms with Crippen LogP contribution in [0.15, 0.2) is 43.0 Å². The summed E-state index contributed by atoms with van der Waals surface area (Å²) in [6.45, 7) is 1.86. The van der Waals surface area contributed by atoms with Crippen LogP contribution in [0.25, 0.3) is 0 Å². The number of imidazole rings is 1. The van der Waals surface area contributed by atoms with Crippen molar-refractivity contribution in [3.8, 4) is 0 Å². The Morgan fingerprint density at radius 2 is 2.09 bits per heavy atom. The second-order valence-corrected chi connectivity index (χ2v) is 6.70. The summed E-state index contributed by atoms with van der Waals surface area (Å²) in [6.07, 6.45) is 10.2. The zero-order chi connectivity index (χ0) is 15.4. The number of hydrogen-bond donors (Lipinski definition) is 1. The predicted octanol–water partition coefficient (Wildman–Crippen LogP) is 3.97. The van der Waals surface area contributed by atoms with Gasteiger partial charge in [-0.2, -0.15) is 0 Å². The first kappa shape index (κ1) is 15.5. The normalized spacial score (nSPS) is 16.0. The van der Waals surface area contributed by atoms with Gasteiger partial charge in [-0.1, -0.05) is 42.4 Å². The van der Waals surface area contributed by atoms with Crippen molar-refractivity contribution >= 4 is 28.8 Å². The highest BCUT2D eigenvalue weighted by Gasteiger charge is 2.42. The van der Waals surface area contributed by atoms with Crippen LogP contribution in [0.4, 0.5) is 0 Å². The fourth-order valence-corrected chi connectivity index (χ4v) is 3.55. The molecule has 1 N–H and O–H groups in total. The molecule has 3 nitrogen and oxygen atoms in total. The summed E-state index contributed by atoms with van der Waals surface area (Å²) >= 11 is 11.7. The average Bonchev–Trinajstić information content (AvgIpc) is 2.98. The van der Waals surface area contributed by atoms with E-state index in [9.17, 15) is 0 Å². The van der Waals surface area contributed by atoms with Gasteiger partial charge in [0.2, 0.25) is 0 Å². The van der Waals surface area contributed by atoms with Gasteiger partial charge in [-0.3, -0.25) is 0 Å². The molecule has 22 heavy (non-hydrogen) atoms. The molecular formula is C17H20ClN3S. The molecule has 0 radical (unpaired) electrons. The second kappa shape index (κ2) is 6.80. The van der Waals surface area contributed by atoms with Crippen LogP contribution in [-0.2, 0) is 12.0 Å². The summed E-state index contributed by atoms with van der Waals surface area (Å²) < 4.78 is 2.09. The van der Waals surface area contributed by atoms with Crippen LogP contribution in [0, 0.1) is 0 Å². The molecule has 1 fully saturated rings. The van der Waals surface area contributed by atoms with Crippen LogP contribution in [-0.4, -0.2) is 21.1 Å². The molecule has 1 saturated carbocycles. The lowest BCUT2D eigenvalue weighted by Crippen LogP contribution is -2.48. The molecule has 0 bridgehead atoms. The number of aromatic nitrogens is 2. The van der Waals surface area contributed by atoms with Crippen LogP contribution in [0.1, 0.15) is 31.2 Å². The first-order valence-electron chi connectivity index (χ1n) is 7.71. The lowest BCUT2D eigenvalue weighted by Gasteiger charge is -2.43. The standard InChI is InChI=1S/C17H20ClN3S/c18-15-5-3-14(4-6-15)17(7-1-8-17)16(22)20-9-2-11-21-12-10-19-13-21/h3-6,10,12-13H,1-2,7-9,11H2,(H,20,22). The molecule has 0 atom stereocenters. The molecule has 3 rings (SSSR count). The van der Waals surface area contributed by atoms with E-state index in [0.717, 1.165) is 42.4 Å². The van der Waals surface area contributed by atoms with Gasteiger partial charge in [-0.05, 0) is 37.0 Å². The molecule has 1 aromatic carbocycles. The number of halogens is 1. The van der Waals surface area contributed by atoms with E-state index in [1.165, 1.54) is 12.0 Å². The maximum absolute atomic E-state index is 6.00. The van der Waals surface area contributed by atoms with Crippen LogP contribution in [0.5, 0.6) is 0 Å². The quantitative estimate of drug-likeness (QED) is 0.641. The van der Waals surface area contributed by atoms with Gasteiger partial charge in [-0.15, -0.1) is 0 Å². The van der Waals surface area contributed by atoms with Crippen molar-refractivity contribution < 1.29 is 0 Å². The van der Waals surface area contributed by atoms with Crippen LogP contribution in [0.2, 0.25) is 5.02 Å². The molecule has 5 heteroatoms. The molecule has 116 valence electrons. The fraction of sp³-hybridized carbons (Fsp3) is 0.412. The largest absolute Gasteiger partial charge is 0.379 e. The second-order valence-electron chi connectivity index (χ2n) is 5.85. The summed E-state index contributed by atoms with van der Waals surface area (Å²) in [4.78, 5) is 5.03. The number of nitrogens with zero attached hydrogens (tertiary/aromatic N) is 2. The van der Waals surface area contributed by atoms with E-state index in [-0.39, 0.29) is 5.41 Å². The van der Waals surface area contributed by atoms with Crippen molar-refractivity contribution in [2.75, 3.05) is 6.54 Å². The van der Waals surface area contributed by atoms with Gasteiger partial charge in [0.1, 0.15) is 0 Å². The molecule has 0 aliphatic heterocycles. The van der Waals surface area contributed by atoms with Crippen molar-refractivity contribution in [1.29, 1.82) is 0 Å². The molecule has 1 aliphatic rings. The predicted molar refractivity (Wildman–Crippen MR) is 94.4 cm³/mol. The average molecular weight is 334 g/mol. The number of thiocarbonyl (C=S) groups is 1. The van der Waals surface area contributed by atoms with Gasteiger partial charge < -0.3 is 9.88 Å². The van der Waals surface area contributed by atoms with Gasteiger partial charge >= 0.3 is 0 Å². The SMILES string of the molecule is S=C(NCCCn1ccnc1)C1(c2ccc(Cl)cc2)CCC1. The summed E-state index contributed by atoms with van der Waals surface area (Å²) in [6, 6.07) is 8.14. The van der Waals surface area contributed by atoms with Gasteiger partial charge in [-0.25, -0.2) is 4.98 Å². The topological polar surface area (TPSA) is 29.9 Å². The number of rotatable bonds is 6. The highest BCUT2D eigenvalue weighted by Crippen LogP contribution is 2.44. The Hall–Kier alpha value is -1.39. The Balaban J connectivity index is 1.56. The third-order valence-corrected chi connectivity index (χ3v) is 5.26. The lowest BCUT2D eigenvalue weighted by atomic mass is 9.64. The monoisotopic (exact) mass is 333 g/mol. The van der Waals surface area contributed by atoms with Gasteiger partial charge in [0.25, 0.3) is 0 Å². The Morgan fingerprint density at radius 3 is 2.68 bits per heavy atom. The minimum absolute atomic E-state index is 0.0227. The van der Waals surface area contributed by atoms with E-state index < -0.39 is 0 Å². The van der Waals surface area contributed by atoms with E-state index >= 15 is 0 Å². The van der Waals surface area contributed by atoms with Crippen molar-refractivity contribution in [1.82, 2.24) is 14.9 Å². The number of aryl methyl sites for hydroxylation is 1. The third-order valence-electron chi connectivity index (χ3n) is 4.48. The number of benzene rings is 1. The van der Waals surface area contributed by atoms with Crippen LogP contribution in [0.3, 0.4) is 0 Å². The van der Waals surface area contributed by atoms with Crippen LogP contribution >= 0.6 is 23.8 Å². The lowest BCUT2D eigenvalue weighted by molar-refractivity contribution is 0.337. The third kappa shape index (κ3) is 3.18. The Bertz CT molecular complexity index is 618. The van der Waals surface area contributed by atoms with Crippen molar-refractivity contribution in [3.63, 3.8) is 0 Å². The van der Waals surface area contributed by atoms with E-state index in [2.05, 4.69) is 27.0 Å². The Labute approximate surface area is 141 Å². The molecule has 0 saturated heterocycles. The molecular weight excluding hydrogens is 314 g/mol. The zero-order valence-corrected chi connectivity index (χ0v) is 14.0. The number of hydrogen-bond acceptors (Lipinski definition) is 2. The first-order chi connectivity index (χ1) is 10.7. The van der Waals surface area contributed by atoms with E-state index in [4.69, 9.17) is 23.8 Å². The van der Waals surface area contributed by atoms with Crippen molar-refractivity contribution in [3.05, 3.63) is 53.6 Å². The maximum atomic E-state index is 6.00. The van der Waals surface area contributed by atoms with Gasteiger partial charge in [0, 0.05) is 35.9 Å². The Morgan fingerprint density at radius 1 is 1.32 bits per heavy atom. The minimum Gasteiger partial charge on any atom is -0.379 e. The molecule has 2 aromatic rings. The highest BCUT2D eigenvalue weighted by atomic mass is 35.5. The molecule has 0 amide bonds. The minimum atomic E-state index is 0.0227. The first-order valence-corrected chi connectivity index (χ1v) is 8.49. The van der Waals surface area contributed by atoms with E-state index in [0.29, 0.717) is 0 Å². The van der Waals surface area contributed by atoms with E-state index in [1.807, 2.05) is 30.9 Å². The molecule has 1 aliphatic carbocycles. The molecule has 1 heterocycles. The maximum Gasteiger partial charge on any atom is 0.0945 e. The van der Waals surface area contributed by atoms with Gasteiger partial charge in [0.05, 0.1) is 11.3 Å². The fourth-order valence-electron chi connectivity index (χ4n) is 3.00. The Kier molecular flexibility index (Phi) is 4.79. The van der Waals surface area contributed by atoms with Crippen LogP contribution < -0.4 is 5.32 Å². The summed E-state index contributed by atoms with van der Waals surface area (Å²) in [5.74, 6) is 0. The number of nitrogens with one attached hydrogen (secondary N) is 1. The zero-order valence-electron chi connectivity index (χ0n) is 12.5. The highest BCUT2D eigenvalue weighted by molar-refractivity contribution is 7.80. The molecule has 1 aromatic heterocycles. The summed E-state index contributed by atoms with van der Waals surface area (Å²) in [7, 11) is 0. The summed E-state index contributed by atoms with van der Waals surface area (Å²) in [5, 5.41) is 4.24. The van der Waals surface area contributed by atoms with Crippen molar-refractivity contribution in [2.45, 2.75) is 37.6 Å². The van der Waals surface area contributed by atoms with Gasteiger partial charge in [0.15, 0.2) is 0 Å². The van der Waals surface area contributed by atoms with Crippen molar-refractivity contribution in [2.24, 2.45) is 0 Å². The smallest absolute Gasteiger partial charge is 0.0945 e. The molecule has 0 spiro atoms. The summed E-state index contributed by atoms with van der Waals surface area (Å²) in [5.41, 5.74) is 1.31. The molecule has 0 unspecified atom stereocenters. The van der Waals surface area contributed by atoms with E-state index in [1.54, 1.807) is 0 Å².